The molecule has 2 aromatic carbocycles. The molecule has 0 radical (unpaired) electrons. The molecular formula is C24H21FN4O5. The standard InChI is InChI=1S/C24H21FN4O5/c1-3-19(23-27-21(29-34-23)15-8-11-17(18(25)12-15)24(30)31-2)32-16-9-6-13(7-10-16)20-26-22(33-28-20)14-4-5-14/h6-12,14,19H,3-5H2,1-2H3. The summed E-state index contributed by atoms with van der Waals surface area (Å²) in [6.45, 7) is 1.92. The van der Waals surface area contributed by atoms with Gasteiger partial charge >= 0.3 is 5.97 Å². The summed E-state index contributed by atoms with van der Waals surface area (Å²) in [6, 6.07) is 11.3. The largest absolute Gasteiger partial charge is 0.481 e. The van der Waals surface area contributed by atoms with Gasteiger partial charge in [-0.2, -0.15) is 9.97 Å². The van der Waals surface area contributed by atoms with E-state index in [1.807, 2.05) is 31.2 Å². The van der Waals surface area contributed by atoms with Crippen molar-refractivity contribution in [2.24, 2.45) is 0 Å². The van der Waals surface area contributed by atoms with Crippen LogP contribution in [0.25, 0.3) is 22.8 Å². The Bertz CT molecular complexity index is 1310. The van der Waals surface area contributed by atoms with Gasteiger partial charge in [0, 0.05) is 17.0 Å². The van der Waals surface area contributed by atoms with E-state index in [0.29, 0.717) is 35.4 Å². The molecule has 9 nitrogen and oxygen atoms in total. The maximum Gasteiger partial charge on any atom is 0.340 e. The molecule has 0 saturated heterocycles. The number of hydrogen-bond acceptors (Lipinski definition) is 9. The van der Waals surface area contributed by atoms with Gasteiger partial charge in [-0.15, -0.1) is 0 Å². The molecular weight excluding hydrogens is 443 g/mol. The molecule has 0 N–H and O–H groups in total. The van der Waals surface area contributed by atoms with Crippen molar-refractivity contribution in [3.63, 3.8) is 0 Å². The van der Waals surface area contributed by atoms with Crippen molar-refractivity contribution in [2.75, 3.05) is 7.11 Å². The maximum absolute atomic E-state index is 14.3. The van der Waals surface area contributed by atoms with Crippen LogP contribution in [0.5, 0.6) is 5.75 Å². The number of methoxy groups -OCH3 is 1. The van der Waals surface area contributed by atoms with Crippen LogP contribution in [0, 0.1) is 5.82 Å². The van der Waals surface area contributed by atoms with Crippen LogP contribution >= 0.6 is 0 Å². The number of ether oxygens (including phenoxy) is 2. The van der Waals surface area contributed by atoms with Crippen molar-refractivity contribution in [2.45, 2.75) is 38.2 Å². The minimum atomic E-state index is -0.758. The van der Waals surface area contributed by atoms with Gasteiger partial charge in [-0.1, -0.05) is 17.2 Å². The first-order valence-electron chi connectivity index (χ1n) is 10.9. The maximum atomic E-state index is 14.3. The van der Waals surface area contributed by atoms with E-state index in [0.717, 1.165) is 24.5 Å². The molecule has 0 aliphatic heterocycles. The first-order chi connectivity index (χ1) is 16.6. The Morgan fingerprint density at radius 3 is 2.44 bits per heavy atom. The van der Waals surface area contributed by atoms with Gasteiger partial charge in [0.2, 0.25) is 17.5 Å². The molecule has 2 aromatic heterocycles. The number of carbonyl (C=O) groups is 1. The third-order valence-corrected chi connectivity index (χ3v) is 5.48. The van der Waals surface area contributed by atoms with E-state index in [1.54, 1.807) is 0 Å². The van der Waals surface area contributed by atoms with E-state index < -0.39 is 17.9 Å². The quantitative estimate of drug-likeness (QED) is 0.328. The highest BCUT2D eigenvalue weighted by atomic mass is 19.1. The SMILES string of the molecule is CCC(Oc1ccc(-c2noc(C3CC3)n2)cc1)c1nc(-c2ccc(C(=O)OC)c(F)c2)no1. The first kappa shape index (κ1) is 21.7. The second-order valence-corrected chi connectivity index (χ2v) is 7.91. The Kier molecular flexibility index (Phi) is 5.79. The molecule has 1 atom stereocenters. The van der Waals surface area contributed by atoms with E-state index >= 15 is 0 Å². The van der Waals surface area contributed by atoms with Gasteiger partial charge < -0.3 is 18.5 Å². The molecule has 5 rings (SSSR count). The van der Waals surface area contributed by atoms with Crippen molar-refractivity contribution < 1.29 is 27.7 Å². The lowest BCUT2D eigenvalue weighted by Crippen LogP contribution is -2.07. The summed E-state index contributed by atoms with van der Waals surface area (Å²) in [5.41, 5.74) is 1.02. The normalized spacial score (nSPS) is 14.1. The molecule has 34 heavy (non-hydrogen) atoms. The first-order valence-corrected chi connectivity index (χ1v) is 10.9. The van der Waals surface area contributed by atoms with Gasteiger partial charge in [-0.05, 0) is 61.7 Å². The molecule has 1 unspecified atom stereocenters. The second-order valence-electron chi connectivity index (χ2n) is 7.91. The molecule has 0 amide bonds. The summed E-state index contributed by atoms with van der Waals surface area (Å²) < 4.78 is 35.6. The van der Waals surface area contributed by atoms with Crippen LogP contribution in [0.2, 0.25) is 0 Å². The molecule has 1 aliphatic carbocycles. The molecule has 2 heterocycles. The van der Waals surface area contributed by atoms with Crippen LogP contribution in [-0.2, 0) is 4.74 Å². The molecule has 0 spiro atoms. The number of aromatic nitrogens is 4. The Morgan fingerprint density at radius 2 is 1.76 bits per heavy atom. The van der Waals surface area contributed by atoms with Crippen molar-refractivity contribution in [3.05, 3.63) is 65.6 Å². The Hall–Kier alpha value is -4.08. The summed E-state index contributed by atoms with van der Waals surface area (Å²) in [4.78, 5) is 20.4. The zero-order valence-electron chi connectivity index (χ0n) is 18.5. The smallest absolute Gasteiger partial charge is 0.340 e. The minimum absolute atomic E-state index is 0.169. The van der Waals surface area contributed by atoms with Crippen molar-refractivity contribution in [1.82, 2.24) is 20.3 Å². The number of esters is 1. The van der Waals surface area contributed by atoms with Crippen LogP contribution in [0.3, 0.4) is 0 Å². The van der Waals surface area contributed by atoms with E-state index in [1.165, 1.54) is 19.2 Å². The van der Waals surface area contributed by atoms with Crippen LogP contribution in [0.1, 0.15) is 60.3 Å². The highest BCUT2D eigenvalue weighted by Gasteiger charge is 2.29. The minimum Gasteiger partial charge on any atom is -0.481 e. The number of hydrogen-bond donors (Lipinski definition) is 0. The zero-order valence-corrected chi connectivity index (χ0v) is 18.5. The number of carbonyl (C=O) groups excluding carboxylic acids is 1. The molecule has 10 heteroatoms. The summed E-state index contributed by atoms with van der Waals surface area (Å²) in [7, 11) is 1.19. The van der Waals surface area contributed by atoms with E-state index in [2.05, 4.69) is 25.0 Å². The highest BCUT2D eigenvalue weighted by Crippen LogP contribution is 2.39. The zero-order chi connectivity index (χ0) is 23.7. The summed E-state index contributed by atoms with van der Waals surface area (Å²) in [5.74, 6) is 1.19. The molecule has 1 fully saturated rings. The van der Waals surface area contributed by atoms with Crippen molar-refractivity contribution in [3.8, 4) is 28.5 Å². The van der Waals surface area contributed by atoms with Crippen LogP contribution in [0.15, 0.2) is 51.5 Å². The van der Waals surface area contributed by atoms with Crippen LogP contribution in [-0.4, -0.2) is 33.4 Å². The van der Waals surface area contributed by atoms with E-state index in [-0.39, 0.29) is 17.3 Å². The topological polar surface area (TPSA) is 113 Å². The molecule has 0 bridgehead atoms. The Balaban J connectivity index is 1.29. The van der Waals surface area contributed by atoms with Gasteiger partial charge in [0.15, 0.2) is 6.10 Å². The number of rotatable bonds is 8. The fraction of sp³-hybridized carbons (Fsp3) is 0.292. The number of benzene rings is 2. The molecule has 4 aromatic rings. The Morgan fingerprint density at radius 1 is 1.06 bits per heavy atom. The predicted octanol–water partition coefficient (Wildman–Crippen LogP) is 5.12. The van der Waals surface area contributed by atoms with Gasteiger partial charge in [0.25, 0.3) is 5.89 Å². The van der Waals surface area contributed by atoms with Crippen LogP contribution < -0.4 is 4.74 Å². The summed E-state index contributed by atoms with van der Waals surface area (Å²) >= 11 is 0. The molecule has 1 aliphatic rings. The average Bonchev–Trinajstić information content (AvgIpc) is 3.38. The fourth-order valence-corrected chi connectivity index (χ4v) is 3.42. The molecule has 174 valence electrons. The highest BCUT2D eigenvalue weighted by molar-refractivity contribution is 5.90. The lowest BCUT2D eigenvalue weighted by atomic mass is 10.1. The third-order valence-electron chi connectivity index (χ3n) is 5.48. The fourth-order valence-electron chi connectivity index (χ4n) is 3.42. The van der Waals surface area contributed by atoms with Crippen molar-refractivity contribution in [1.29, 1.82) is 0 Å². The number of nitrogens with zero attached hydrogens (tertiary/aromatic N) is 4. The summed E-state index contributed by atoms with van der Waals surface area (Å²) in [6.07, 6.45) is 2.25. The van der Waals surface area contributed by atoms with E-state index in [9.17, 15) is 9.18 Å². The number of halogens is 1. The monoisotopic (exact) mass is 464 g/mol. The predicted molar refractivity (Wildman–Crippen MR) is 116 cm³/mol. The third kappa shape index (κ3) is 4.39. The second kappa shape index (κ2) is 9.05. The Labute approximate surface area is 193 Å². The lowest BCUT2D eigenvalue weighted by molar-refractivity contribution is 0.0595. The van der Waals surface area contributed by atoms with Gasteiger partial charge in [0.1, 0.15) is 11.6 Å². The van der Waals surface area contributed by atoms with Gasteiger partial charge in [-0.3, -0.25) is 0 Å². The van der Waals surface area contributed by atoms with Crippen LogP contribution in [0.4, 0.5) is 4.39 Å². The van der Waals surface area contributed by atoms with Crippen molar-refractivity contribution >= 4 is 5.97 Å². The average molecular weight is 464 g/mol. The van der Waals surface area contributed by atoms with Gasteiger partial charge in [-0.25, -0.2) is 9.18 Å². The molecule has 1 saturated carbocycles. The summed E-state index contributed by atoms with van der Waals surface area (Å²) in [5, 5.41) is 7.98. The van der Waals surface area contributed by atoms with E-state index in [4.69, 9.17) is 13.8 Å². The van der Waals surface area contributed by atoms with Gasteiger partial charge in [0.05, 0.1) is 12.7 Å². The lowest BCUT2D eigenvalue weighted by Gasteiger charge is -2.13.